The highest BCUT2D eigenvalue weighted by Gasteiger charge is 2.30. The Bertz CT molecular complexity index is 695. The van der Waals surface area contributed by atoms with Gasteiger partial charge in [0.05, 0.1) is 18.4 Å². The summed E-state index contributed by atoms with van der Waals surface area (Å²) in [6, 6.07) is 3.22. The molecule has 2 aromatic heterocycles. The van der Waals surface area contributed by atoms with E-state index in [2.05, 4.69) is 10.3 Å². The van der Waals surface area contributed by atoms with Crippen LogP contribution in [-0.2, 0) is 4.79 Å². The minimum absolute atomic E-state index is 0.262. The van der Waals surface area contributed by atoms with Crippen LogP contribution in [0.25, 0.3) is 10.8 Å². The molecule has 3 rings (SSSR count). The number of nitrogens with one attached hydrogen (secondary N) is 1. The fraction of sp³-hybridized carbons (Fsp3) is 0.471. The lowest BCUT2D eigenvalue weighted by molar-refractivity contribution is -0.143. The van der Waals surface area contributed by atoms with Crippen molar-refractivity contribution >= 4 is 23.2 Å². The molecule has 2 N–H and O–H groups in total. The number of rotatable bonds is 4. The lowest BCUT2D eigenvalue weighted by atomic mass is 9.87. The number of aliphatic carboxylic acids is 1. The van der Waals surface area contributed by atoms with E-state index >= 15 is 0 Å². The lowest BCUT2D eigenvalue weighted by Gasteiger charge is -2.27. The van der Waals surface area contributed by atoms with Gasteiger partial charge >= 0.3 is 5.97 Å². The van der Waals surface area contributed by atoms with E-state index in [1.807, 2.05) is 0 Å². The Balaban J connectivity index is 1.71. The maximum atomic E-state index is 12.5. The lowest BCUT2D eigenvalue weighted by Crippen LogP contribution is -2.43. The highest BCUT2D eigenvalue weighted by molar-refractivity contribution is 7.16. The van der Waals surface area contributed by atoms with Crippen molar-refractivity contribution in [1.82, 2.24) is 10.3 Å². The third-order valence-electron chi connectivity index (χ3n) is 4.36. The van der Waals surface area contributed by atoms with Crippen LogP contribution in [0, 0.1) is 5.92 Å². The van der Waals surface area contributed by atoms with Crippen molar-refractivity contribution in [3.05, 3.63) is 29.5 Å². The summed E-state index contributed by atoms with van der Waals surface area (Å²) >= 11 is 1.24. The molecule has 2 unspecified atom stereocenters. The molecule has 2 aromatic rings. The van der Waals surface area contributed by atoms with Gasteiger partial charge in [-0.1, -0.05) is 25.7 Å². The predicted octanol–water partition coefficient (Wildman–Crippen LogP) is 3.56. The standard InChI is InChI=1S/C17H20N2O4S/c20-15(14-10-18-16(24-14)13-8-5-9-23-13)19-12-7-4-2-1-3-6-11(12)17(21)22/h5,8-12H,1-4,6-7H2,(H,19,20)(H,21,22). The second kappa shape index (κ2) is 7.61. The average molecular weight is 348 g/mol. The van der Waals surface area contributed by atoms with Crippen molar-refractivity contribution in [3.63, 3.8) is 0 Å². The van der Waals surface area contributed by atoms with Crippen LogP contribution in [0.15, 0.2) is 29.0 Å². The number of furan rings is 1. The van der Waals surface area contributed by atoms with E-state index in [0.29, 0.717) is 28.5 Å². The summed E-state index contributed by atoms with van der Waals surface area (Å²) in [4.78, 5) is 28.7. The summed E-state index contributed by atoms with van der Waals surface area (Å²) in [5.41, 5.74) is 0. The first-order valence-electron chi connectivity index (χ1n) is 8.18. The van der Waals surface area contributed by atoms with Gasteiger partial charge in [-0.15, -0.1) is 11.3 Å². The first-order valence-corrected chi connectivity index (χ1v) is 9.00. The van der Waals surface area contributed by atoms with Gasteiger partial charge in [0.25, 0.3) is 5.91 Å². The first kappa shape index (κ1) is 16.7. The number of thiazole rings is 1. The second-order valence-corrected chi connectivity index (χ2v) is 7.05. The number of carboxylic acids is 1. The Morgan fingerprint density at radius 2 is 2.04 bits per heavy atom. The molecule has 0 saturated heterocycles. The fourth-order valence-electron chi connectivity index (χ4n) is 3.09. The Morgan fingerprint density at radius 3 is 2.75 bits per heavy atom. The fourth-order valence-corrected chi connectivity index (χ4v) is 3.87. The first-order chi connectivity index (χ1) is 11.6. The normalized spacial score (nSPS) is 21.7. The minimum atomic E-state index is -0.831. The van der Waals surface area contributed by atoms with Crippen LogP contribution >= 0.6 is 11.3 Å². The highest BCUT2D eigenvalue weighted by atomic mass is 32.1. The van der Waals surface area contributed by atoms with E-state index in [9.17, 15) is 14.7 Å². The minimum Gasteiger partial charge on any atom is -0.481 e. The molecule has 6 nitrogen and oxygen atoms in total. The Kier molecular flexibility index (Phi) is 5.30. The van der Waals surface area contributed by atoms with Crippen molar-refractivity contribution in [1.29, 1.82) is 0 Å². The Morgan fingerprint density at radius 1 is 1.25 bits per heavy atom. The molecular weight excluding hydrogens is 328 g/mol. The number of carbonyl (C=O) groups excluding carboxylic acids is 1. The SMILES string of the molecule is O=C(NC1CCCCCCC1C(=O)O)c1cnc(-c2ccco2)s1. The molecule has 1 fully saturated rings. The zero-order valence-electron chi connectivity index (χ0n) is 13.2. The number of hydrogen-bond donors (Lipinski definition) is 2. The summed E-state index contributed by atoms with van der Waals surface area (Å²) in [7, 11) is 0. The molecule has 2 atom stereocenters. The molecule has 0 spiro atoms. The van der Waals surface area contributed by atoms with E-state index in [0.717, 1.165) is 25.7 Å². The van der Waals surface area contributed by atoms with Crippen LogP contribution < -0.4 is 5.32 Å². The van der Waals surface area contributed by atoms with Crippen LogP contribution in [0.1, 0.15) is 48.2 Å². The number of carboxylic acid groups (broad SMARTS) is 1. The van der Waals surface area contributed by atoms with Crippen LogP contribution in [0.5, 0.6) is 0 Å². The van der Waals surface area contributed by atoms with Gasteiger partial charge < -0.3 is 14.8 Å². The highest BCUT2D eigenvalue weighted by Crippen LogP contribution is 2.27. The van der Waals surface area contributed by atoms with Crippen LogP contribution in [0.3, 0.4) is 0 Å². The van der Waals surface area contributed by atoms with E-state index in [1.54, 1.807) is 18.4 Å². The Labute approximate surface area is 143 Å². The number of nitrogens with zero attached hydrogens (tertiary/aromatic N) is 1. The molecule has 2 heterocycles. The monoisotopic (exact) mass is 348 g/mol. The van der Waals surface area contributed by atoms with E-state index in [-0.39, 0.29) is 11.9 Å². The van der Waals surface area contributed by atoms with E-state index in [1.165, 1.54) is 17.5 Å². The summed E-state index contributed by atoms with van der Waals surface area (Å²) in [5, 5.41) is 13.0. The van der Waals surface area contributed by atoms with E-state index in [4.69, 9.17) is 4.42 Å². The number of aromatic nitrogens is 1. The van der Waals surface area contributed by atoms with Crippen LogP contribution in [-0.4, -0.2) is 28.0 Å². The number of amides is 1. The molecule has 1 saturated carbocycles. The molecule has 1 aliphatic carbocycles. The van der Waals surface area contributed by atoms with Crippen molar-refractivity contribution < 1.29 is 19.1 Å². The Hall–Kier alpha value is -2.15. The molecule has 0 bridgehead atoms. The zero-order valence-corrected chi connectivity index (χ0v) is 14.1. The van der Waals surface area contributed by atoms with Crippen molar-refractivity contribution in [2.75, 3.05) is 0 Å². The molecule has 128 valence electrons. The van der Waals surface area contributed by atoms with Gasteiger partial charge in [-0.2, -0.15) is 0 Å². The number of hydrogen-bond acceptors (Lipinski definition) is 5. The van der Waals surface area contributed by atoms with Crippen molar-refractivity contribution in [3.8, 4) is 10.8 Å². The predicted molar refractivity (Wildman–Crippen MR) is 89.9 cm³/mol. The third kappa shape index (κ3) is 3.84. The summed E-state index contributed by atoms with van der Waals surface area (Å²) in [6.07, 6.45) is 8.36. The maximum absolute atomic E-state index is 12.5. The van der Waals surface area contributed by atoms with Gasteiger partial charge in [0, 0.05) is 6.04 Å². The smallest absolute Gasteiger partial charge is 0.308 e. The zero-order chi connectivity index (χ0) is 16.9. The van der Waals surface area contributed by atoms with Gasteiger partial charge in [0.2, 0.25) is 0 Å². The quantitative estimate of drug-likeness (QED) is 0.881. The molecule has 0 aliphatic heterocycles. The molecule has 1 aliphatic rings. The molecular formula is C17H20N2O4S. The van der Waals surface area contributed by atoms with Crippen molar-refractivity contribution in [2.24, 2.45) is 5.92 Å². The van der Waals surface area contributed by atoms with E-state index < -0.39 is 11.9 Å². The summed E-state index contributed by atoms with van der Waals surface area (Å²) in [5.74, 6) is -0.995. The molecule has 0 aromatic carbocycles. The van der Waals surface area contributed by atoms with Gasteiger partial charge in [-0.3, -0.25) is 9.59 Å². The number of carbonyl (C=O) groups is 2. The largest absolute Gasteiger partial charge is 0.481 e. The van der Waals surface area contributed by atoms with Crippen LogP contribution in [0.4, 0.5) is 0 Å². The molecule has 0 radical (unpaired) electrons. The summed E-state index contributed by atoms with van der Waals surface area (Å²) < 4.78 is 5.28. The second-order valence-electron chi connectivity index (χ2n) is 6.02. The topological polar surface area (TPSA) is 92.4 Å². The van der Waals surface area contributed by atoms with Gasteiger partial charge in [-0.05, 0) is 25.0 Å². The molecule has 1 amide bonds. The van der Waals surface area contributed by atoms with Crippen molar-refractivity contribution in [2.45, 2.75) is 44.6 Å². The summed E-state index contributed by atoms with van der Waals surface area (Å²) in [6.45, 7) is 0. The van der Waals surface area contributed by atoms with Crippen LogP contribution in [0.2, 0.25) is 0 Å². The van der Waals surface area contributed by atoms with Gasteiger partial charge in [0.1, 0.15) is 4.88 Å². The average Bonchev–Trinajstić information content (AvgIpc) is 3.19. The van der Waals surface area contributed by atoms with Gasteiger partial charge in [0.15, 0.2) is 10.8 Å². The third-order valence-corrected chi connectivity index (χ3v) is 5.37. The maximum Gasteiger partial charge on any atom is 0.308 e. The molecule has 24 heavy (non-hydrogen) atoms. The molecule has 7 heteroatoms. The van der Waals surface area contributed by atoms with Gasteiger partial charge in [-0.25, -0.2) is 4.98 Å².